The van der Waals surface area contributed by atoms with Gasteiger partial charge in [-0.15, -0.1) is 22.7 Å². The quantitative estimate of drug-likeness (QED) is 0.921. The summed E-state index contributed by atoms with van der Waals surface area (Å²) in [6.07, 6.45) is 2.73. The predicted molar refractivity (Wildman–Crippen MR) is 73.2 cm³/mol. The van der Waals surface area contributed by atoms with Crippen LogP contribution in [-0.2, 0) is 6.42 Å². The van der Waals surface area contributed by atoms with Crippen molar-refractivity contribution in [1.29, 1.82) is 0 Å². The van der Waals surface area contributed by atoms with Gasteiger partial charge in [-0.25, -0.2) is 4.98 Å². The maximum absolute atomic E-state index is 12.0. The third kappa shape index (κ3) is 2.73. The van der Waals surface area contributed by atoms with Crippen LogP contribution in [0.1, 0.15) is 31.9 Å². The van der Waals surface area contributed by atoms with E-state index in [1.165, 1.54) is 33.1 Å². The zero-order valence-corrected chi connectivity index (χ0v) is 11.7. The van der Waals surface area contributed by atoms with Crippen LogP contribution in [0.4, 0.5) is 5.13 Å². The van der Waals surface area contributed by atoms with Crippen molar-refractivity contribution in [2.45, 2.75) is 27.2 Å². The third-order valence-electron chi connectivity index (χ3n) is 2.47. The van der Waals surface area contributed by atoms with Crippen LogP contribution in [0.15, 0.2) is 12.3 Å². The Morgan fingerprint density at radius 2 is 2.18 bits per heavy atom. The Labute approximate surface area is 109 Å². The molecule has 90 valence electrons. The Morgan fingerprint density at radius 1 is 1.41 bits per heavy atom. The van der Waals surface area contributed by atoms with Crippen molar-refractivity contribution in [3.8, 4) is 0 Å². The highest BCUT2D eigenvalue weighted by Crippen LogP contribution is 2.24. The molecule has 2 rings (SSSR count). The molecule has 0 fully saturated rings. The molecule has 2 aromatic heterocycles. The predicted octanol–water partition coefficient (Wildman–Crippen LogP) is 3.64. The molecule has 1 N–H and O–H groups in total. The third-order valence-corrected chi connectivity index (χ3v) is 4.39. The second-order valence-electron chi connectivity index (χ2n) is 3.78. The minimum atomic E-state index is -0.0628. The van der Waals surface area contributed by atoms with Gasteiger partial charge in [0.25, 0.3) is 5.91 Å². The lowest BCUT2D eigenvalue weighted by Crippen LogP contribution is -2.09. The average Bonchev–Trinajstić information content (AvgIpc) is 2.85. The molecular formula is C12H14N2OS2. The second kappa shape index (κ2) is 4.98. The molecule has 0 aromatic carbocycles. The van der Waals surface area contributed by atoms with Crippen molar-refractivity contribution < 1.29 is 4.79 Å². The largest absolute Gasteiger partial charge is 0.297 e. The minimum Gasteiger partial charge on any atom is -0.297 e. The molecule has 5 heteroatoms. The fraction of sp³-hybridized carbons (Fsp3) is 0.333. The summed E-state index contributed by atoms with van der Waals surface area (Å²) in [5, 5.41) is 3.49. The van der Waals surface area contributed by atoms with E-state index in [0.717, 1.165) is 16.2 Å². The Morgan fingerprint density at radius 3 is 2.71 bits per heavy atom. The van der Waals surface area contributed by atoms with Crippen LogP contribution < -0.4 is 5.32 Å². The lowest BCUT2D eigenvalue weighted by atomic mass is 10.2. The number of nitrogens with one attached hydrogen (secondary N) is 1. The van der Waals surface area contributed by atoms with Crippen molar-refractivity contribution in [1.82, 2.24) is 4.98 Å². The van der Waals surface area contributed by atoms with E-state index in [2.05, 4.69) is 17.2 Å². The molecule has 0 saturated heterocycles. The summed E-state index contributed by atoms with van der Waals surface area (Å²) >= 11 is 3.03. The summed E-state index contributed by atoms with van der Waals surface area (Å²) in [7, 11) is 0. The SMILES string of the molecule is CCc1cc(C(=O)Nc2ncc(C)s2)sc1C. The van der Waals surface area contributed by atoms with Gasteiger partial charge >= 0.3 is 0 Å². The molecule has 0 radical (unpaired) electrons. The molecule has 0 saturated carbocycles. The van der Waals surface area contributed by atoms with Crippen LogP contribution in [0.2, 0.25) is 0 Å². The molecule has 0 unspecified atom stereocenters. The molecule has 3 nitrogen and oxygen atoms in total. The number of nitrogens with zero attached hydrogens (tertiary/aromatic N) is 1. The van der Waals surface area contributed by atoms with Gasteiger partial charge in [0, 0.05) is 16.0 Å². The number of aryl methyl sites for hydroxylation is 3. The number of hydrogen-bond donors (Lipinski definition) is 1. The van der Waals surface area contributed by atoms with Crippen molar-refractivity contribution in [2.75, 3.05) is 5.32 Å². The molecular weight excluding hydrogens is 252 g/mol. The van der Waals surface area contributed by atoms with E-state index in [0.29, 0.717) is 5.13 Å². The molecule has 1 amide bonds. The normalized spacial score (nSPS) is 10.5. The van der Waals surface area contributed by atoms with Crippen LogP contribution >= 0.6 is 22.7 Å². The maximum Gasteiger partial charge on any atom is 0.267 e. The maximum atomic E-state index is 12.0. The lowest BCUT2D eigenvalue weighted by Gasteiger charge is -1.97. The minimum absolute atomic E-state index is 0.0628. The van der Waals surface area contributed by atoms with Gasteiger partial charge in [0.15, 0.2) is 5.13 Å². The Bertz CT molecular complexity index is 542. The number of aromatic nitrogens is 1. The fourth-order valence-electron chi connectivity index (χ4n) is 1.55. The van der Waals surface area contributed by atoms with Gasteiger partial charge in [0.1, 0.15) is 0 Å². The summed E-state index contributed by atoms with van der Waals surface area (Å²) < 4.78 is 0. The van der Waals surface area contributed by atoms with Crippen LogP contribution in [-0.4, -0.2) is 10.9 Å². The van der Waals surface area contributed by atoms with Gasteiger partial charge in [-0.2, -0.15) is 0 Å². The van der Waals surface area contributed by atoms with Gasteiger partial charge in [-0.3, -0.25) is 10.1 Å². The van der Waals surface area contributed by atoms with Gasteiger partial charge in [0.2, 0.25) is 0 Å². The Hall–Kier alpha value is -1.20. The monoisotopic (exact) mass is 266 g/mol. The van der Waals surface area contributed by atoms with Gasteiger partial charge < -0.3 is 0 Å². The zero-order chi connectivity index (χ0) is 12.4. The van der Waals surface area contributed by atoms with E-state index in [9.17, 15) is 4.79 Å². The first kappa shape index (κ1) is 12.3. The molecule has 17 heavy (non-hydrogen) atoms. The first-order chi connectivity index (χ1) is 8.10. The molecule has 2 aromatic rings. The summed E-state index contributed by atoms with van der Waals surface area (Å²) in [6.45, 7) is 6.12. The fourth-order valence-corrected chi connectivity index (χ4v) is 3.22. The highest BCUT2D eigenvalue weighted by atomic mass is 32.1. The van der Waals surface area contributed by atoms with Crippen LogP contribution in [0, 0.1) is 13.8 Å². The van der Waals surface area contributed by atoms with Crippen LogP contribution in [0.3, 0.4) is 0 Å². The van der Waals surface area contributed by atoms with Crippen LogP contribution in [0.25, 0.3) is 0 Å². The average molecular weight is 266 g/mol. The zero-order valence-electron chi connectivity index (χ0n) is 10.0. The summed E-state index contributed by atoms with van der Waals surface area (Å²) in [5.74, 6) is -0.0628. The van der Waals surface area contributed by atoms with E-state index in [1.54, 1.807) is 6.20 Å². The Balaban J connectivity index is 2.14. The van der Waals surface area contributed by atoms with E-state index in [1.807, 2.05) is 19.9 Å². The Kier molecular flexibility index (Phi) is 3.59. The van der Waals surface area contributed by atoms with E-state index < -0.39 is 0 Å². The smallest absolute Gasteiger partial charge is 0.267 e. The first-order valence-electron chi connectivity index (χ1n) is 5.43. The van der Waals surface area contributed by atoms with Gasteiger partial charge in [-0.05, 0) is 31.9 Å². The molecule has 2 heterocycles. The molecule has 0 atom stereocenters. The highest BCUT2D eigenvalue weighted by Gasteiger charge is 2.12. The number of thiophene rings is 1. The lowest BCUT2D eigenvalue weighted by molar-refractivity contribution is 0.103. The summed E-state index contributed by atoms with van der Waals surface area (Å²) in [4.78, 5) is 19.2. The van der Waals surface area contributed by atoms with Gasteiger partial charge in [0.05, 0.1) is 4.88 Å². The number of anilines is 1. The molecule has 0 bridgehead atoms. The van der Waals surface area contributed by atoms with E-state index >= 15 is 0 Å². The van der Waals surface area contributed by atoms with Crippen molar-refractivity contribution in [2.24, 2.45) is 0 Å². The summed E-state index contributed by atoms with van der Waals surface area (Å²) in [6, 6.07) is 1.97. The topological polar surface area (TPSA) is 42.0 Å². The number of rotatable bonds is 3. The molecule has 0 spiro atoms. The number of amides is 1. The van der Waals surface area contributed by atoms with E-state index in [-0.39, 0.29) is 5.91 Å². The number of carbonyl (C=O) groups is 1. The highest BCUT2D eigenvalue weighted by molar-refractivity contribution is 7.16. The molecule has 0 aliphatic carbocycles. The number of carbonyl (C=O) groups excluding carboxylic acids is 1. The van der Waals surface area contributed by atoms with E-state index in [4.69, 9.17) is 0 Å². The van der Waals surface area contributed by atoms with Crippen LogP contribution in [0.5, 0.6) is 0 Å². The van der Waals surface area contributed by atoms with Crippen molar-refractivity contribution >= 4 is 33.7 Å². The number of thiazole rings is 1. The van der Waals surface area contributed by atoms with Gasteiger partial charge in [-0.1, -0.05) is 6.92 Å². The molecule has 0 aliphatic rings. The first-order valence-corrected chi connectivity index (χ1v) is 7.06. The standard InChI is InChI=1S/C12H14N2OS2/c1-4-9-5-10(17-8(9)3)11(15)14-12-13-6-7(2)16-12/h5-6H,4H2,1-3H3,(H,13,14,15). The molecule has 0 aliphatic heterocycles. The number of hydrogen-bond acceptors (Lipinski definition) is 4. The van der Waals surface area contributed by atoms with Crippen molar-refractivity contribution in [3.05, 3.63) is 32.5 Å². The second-order valence-corrected chi connectivity index (χ2v) is 6.27. The van der Waals surface area contributed by atoms with Crippen molar-refractivity contribution in [3.63, 3.8) is 0 Å². The summed E-state index contributed by atoms with van der Waals surface area (Å²) in [5.41, 5.74) is 1.25.